The summed E-state index contributed by atoms with van der Waals surface area (Å²) in [5, 5.41) is 17.6. The van der Waals surface area contributed by atoms with Gasteiger partial charge in [0.25, 0.3) is 0 Å². The number of hydrogen-bond donors (Lipinski definition) is 2. The van der Waals surface area contributed by atoms with E-state index in [2.05, 4.69) is 10.2 Å². The number of nitrogen functional groups attached to an aromatic ring is 1. The van der Waals surface area contributed by atoms with Crippen LogP contribution in [0.15, 0.2) is 30.5 Å². The van der Waals surface area contributed by atoms with Crippen molar-refractivity contribution in [1.29, 1.82) is 0 Å². The van der Waals surface area contributed by atoms with Gasteiger partial charge in [-0.25, -0.2) is 0 Å². The average Bonchev–Trinajstić information content (AvgIpc) is 2.82. The Balaban J connectivity index is 2.25. The van der Waals surface area contributed by atoms with Gasteiger partial charge in [0.05, 0.1) is 11.1 Å². The molecule has 5 nitrogen and oxygen atoms in total. The molecule has 0 spiro atoms. The van der Waals surface area contributed by atoms with Crippen LogP contribution in [0.4, 0.5) is 19.1 Å². The van der Waals surface area contributed by atoms with E-state index in [0.29, 0.717) is 11.6 Å². The molecule has 3 N–H and O–H groups in total. The fourth-order valence-corrected chi connectivity index (χ4v) is 2.31. The fourth-order valence-electron chi connectivity index (χ4n) is 2.31. The lowest BCUT2D eigenvalue weighted by molar-refractivity contribution is -0.137. The summed E-state index contributed by atoms with van der Waals surface area (Å²) in [4.78, 5) is 0. The number of fused-ring (bicyclic) bond motifs is 1. The summed E-state index contributed by atoms with van der Waals surface area (Å²) in [5.41, 5.74) is 6.61. The number of phenols is 1. The lowest BCUT2D eigenvalue weighted by atomic mass is 10.1. The molecule has 0 atom stereocenters. The molecular formula is C14H11F3N4O. The molecule has 0 aliphatic heterocycles. The van der Waals surface area contributed by atoms with E-state index in [1.165, 1.54) is 6.07 Å². The minimum absolute atomic E-state index is 0.151. The normalized spacial score (nSPS) is 12.0. The van der Waals surface area contributed by atoms with Gasteiger partial charge in [0.1, 0.15) is 11.4 Å². The predicted molar refractivity (Wildman–Crippen MR) is 74.2 cm³/mol. The zero-order valence-electron chi connectivity index (χ0n) is 11.4. The Bertz CT molecular complexity index is 870. The van der Waals surface area contributed by atoms with E-state index in [4.69, 9.17) is 5.73 Å². The van der Waals surface area contributed by atoms with E-state index in [9.17, 15) is 18.3 Å². The maximum Gasteiger partial charge on any atom is 0.416 e. The Hall–Kier alpha value is -2.77. The predicted octanol–water partition coefficient (Wildman–Crippen LogP) is 3.01. The van der Waals surface area contributed by atoms with Gasteiger partial charge in [-0.05, 0) is 36.8 Å². The maximum absolute atomic E-state index is 12.7. The van der Waals surface area contributed by atoms with Crippen LogP contribution in [-0.2, 0) is 6.18 Å². The van der Waals surface area contributed by atoms with Gasteiger partial charge in [0.15, 0.2) is 0 Å². The SMILES string of the molecule is Cc1ccn2c(N)nnc(-c3ccc(C(F)(F)F)cc3O)c12. The molecule has 3 aromatic rings. The van der Waals surface area contributed by atoms with Crippen molar-refractivity contribution in [2.24, 2.45) is 0 Å². The standard InChI is InChI=1S/C14H11F3N4O/c1-7-4-5-21-12(7)11(19-20-13(21)18)9-3-2-8(6-10(9)22)14(15,16)17/h2-6,22H,1H3,(H2,18,20). The first kappa shape index (κ1) is 14.2. The van der Waals surface area contributed by atoms with Crippen molar-refractivity contribution in [2.75, 3.05) is 5.73 Å². The van der Waals surface area contributed by atoms with Crippen LogP contribution in [0.3, 0.4) is 0 Å². The van der Waals surface area contributed by atoms with Crippen LogP contribution in [0.2, 0.25) is 0 Å². The molecule has 0 saturated heterocycles. The number of halogens is 3. The summed E-state index contributed by atoms with van der Waals surface area (Å²) in [6.07, 6.45) is -2.84. The van der Waals surface area contributed by atoms with E-state index >= 15 is 0 Å². The van der Waals surface area contributed by atoms with Crippen LogP contribution in [0.5, 0.6) is 5.75 Å². The summed E-state index contributed by atoms with van der Waals surface area (Å²) >= 11 is 0. The van der Waals surface area contributed by atoms with Crippen molar-refractivity contribution in [1.82, 2.24) is 14.6 Å². The lowest BCUT2D eigenvalue weighted by Gasteiger charge is -2.11. The number of rotatable bonds is 1. The highest BCUT2D eigenvalue weighted by atomic mass is 19.4. The molecule has 0 fully saturated rings. The van der Waals surface area contributed by atoms with Gasteiger partial charge >= 0.3 is 6.18 Å². The minimum Gasteiger partial charge on any atom is -0.507 e. The Morgan fingerprint density at radius 1 is 1.18 bits per heavy atom. The van der Waals surface area contributed by atoms with Gasteiger partial charge in [-0.2, -0.15) is 13.2 Å². The number of alkyl halides is 3. The third-order valence-electron chi connectivity index (χ3n) is 3.39. The number of nitrogens with two attached hydrogens (primary N) is 1. The smallest absolute Gasteiger partial charge is 0.416 e. The lowest BCUT2D eigenvalue weighted by Crippen LogP contribution is -2.06. The molecule has 22 heavy (non-hydrogen) atoms. The highest BCUT2D eigenvalue weighted by Crippen LogP contribution is 2.37. The number of anilines is 1. The Kier molecular flexibility index (Phi) is 2.98. The molecule has 0 amide bonds. The maximum atomic E-state index is 12.7. The summed E-state index contributed by atoms with van der Waals surface area (Å²) < 4.78 is 39.6. The molecular weight excluding hydrogens is 297 g/mol. The number of nitrogens with zero attached hydrogens (tertiary/aromatic N) is 3. The van der Waals surface area contributed by atoms with Crippen LogP contribution in [-0.4, -0.2) is 19.7 Å². The highest BCUT2D eigenvalue weighted by Gasteiger charge is 2.31. The van der Waals surface area contributed by atoms with E-state index in [1.54, 1.807) is 23.6 Å². The van der Waals surface area contributed by atoms with Crippen LogP contribution in [0.25, 0.3) is 16.8 Å². The Labute approximate surface area is 122 Å². The van der Waals surface area contributed by atoms with Crippen molar-refractivity contribution in [3.63, 3.8) is 0 Å². The largest absolute Gasteiger partial charge is 0.507 e. The van der Waals surface area contributed by atoms with E-state index in [0.717, 1.165) is 11.6 Å². The van der Waals surface area contributed by atoms with Crippen LogP contribution in [0, 0.1) is 6.92 Å². The third kappa shape index (κ3) is 2.12. The highest BCUT2D eigenvalue weighted by molar-refractivity contribution is 5.83. The van der Waals surface area contributed by atoms with Crippen molar-refractivity contribution in [3.05, 3.63) is 41.6 Å². The topological polar surface area (TPSA) is 76.4 Å². The number of aromatic nitrogens is 3. The van der Waals surface area contributed by atoms with Gasteiger partial charge in [0, 0.05) is 11.8 Å². The Morgan fingerprint density at radius 2 is 1.91 bits per heavy atom. The molecule has 0 aliphatic rings. The molecule has 0 saturated carbocycles. The zero-order chi connectivity index (χ0) is 16.1. The monoisotopic (exact) mass is 308 g/mol. The molecule has 2 aromatic heterocycles. The van der Waals surface area contributed by atoms with Crippen molar-refractivity contribution in [2.45, 2.75) is 13.1 Å². The first-order valence-electron chi connectivity index (χ1n) is 6.29. The molecule has 8 heteroatoms. The molecule has 3 rings (SSSR count). The second-order valence-corrected chi connectivity index (χ2v) is 4.85. The molecule has 114 valence electrons. The molecule has 0 bridgehead atoms. The van der Waals surface area contributed by atoms with Crippen LogP contribution >= 0.6 is 0 Å². The van der Waals surface area contributed by atoms with Gasteiger partial charge in [-0.15, -0.1) is 10.2 Å². The summed E-state index contributed by atoms with van der Waals surface area (Å²) in [7, 11) is 0. The third-order valence-corrected chi connectivity index (χ3v) is 3.39. The number of aryl methyl sites for hydroxylation is 1. The van der Waals surface area contributed by atoms with Gasteiger partial charge in [0.2, 0.25) is 5.95 Å². The number of aromatic hydroxyl groups is 1. The molecule has 0 unspecified atom stereocenters. The van der Waals surface area contributed by atoms with Gasteiger partial charge < -0.3 is 10.8 Å². The van der Waals surface area contributed by atoms with Gasteiger partial charge in [-0.1, -0.05) is 0 Å². The second-order valence-electron chi connectivity index (χ2n) is 4.85. The first-order valence-corrected chi connectivity index (χ1v) is 6.29. The molecule has 1 aromatic carbocycles. The second kappa shape index (κ2) is 4.62. The van der Waals surface area contributed by atoms with E-state index in [1.807, 2.05) is 0 Å². The molecule has 2 heterocycles. The summed E-state index contributed by atoms with van der Waals surface area (Å²) in [5.74, 6) is -0.366. The van der Waals surface area contributed by atoms with E-state index in [-0.39, 0.29) is 17.2 Å². The first-order chi connectivity index (χ1) is 10.3. The zero-order valence-corrected chi connectivity index (χ0v) is 11.4. The average molecular weight is 308 g/mol. The van der Waals surface area contributed by atoms with Gasteiger partial charge in [-0.3, -0.25) is 4.40 Å². The van der Waals surface area contributed by atoms with Crippen molar-refractivity contribution >= 4 is 11.5 Å². The van der Waals surface area contributed by atoms with Crippen molar-refractivity contribution < 1.29 is 18.3 Å². The quantitative estimate of drug-likeness (QED) is 0.724. The molecule has 0 aliphatic carbocycles. The summed E-state index contributed by atoms with van der Waals surface area (Å²) in [6, 6.07) is 4.51. The molecule has 0 radical (unpaired) electrons. The minimum atomic E-state index is -4.52. The number of phenolic OH excluding ortho intramolecular Hbond substituents is 1. The fraction of sp³-hybridized carbons (Fsp3) is 0.143. The van der Waals surface area contributed by atoms with Crippen LogP contribution < -0.4 is 5.73 Å². The number of benzene rings is 1. The summed E-state index contributed by atoms with van der Waals surface area (Å²) in [6.45, 7) is 1.81. The van der Waals surface area contributed by atoms with Crippen molar-refractivity contribution in [3.8, 4) is 17.0 Å². The van der Waals surface area contributed by atoms with Crippen LogP contribution in [0.1, 0.15) is 11.1 Å². The van der Waals surface area contributed by atoms with E-state index < -0.39 is 17.5 Å². The Morgan fingerprint density at radius 3 is 2.55 bits per heavy atom. The number of hydrogen-bond acceptors (Lipinski definition) is 4.